The Morgan fingerprint density at radius 1 is 1.24 bits per heavy atom. The minimum Gasteiger partial charge on any atom is -0.465 e. The molecule has 0 aromatic heterocycles. The van der Waals surface area contributed by atoms with Gasteiger partial charge in [-0.3, -0.25) is 4.79 Å². The van der Waals surface area contributed by atoms with Crippen molar-refractivity contribution in [3.05, 3.63) is 29.3 Å². The molecule has 1 amide bonds. The van der Waals surface area contributed by atoms with Crippen LogP contribution in [-0.4, -0.2) is 49.6 Å². The number of methoxy groups -OCH3 is 1. The third-order valence-electron chi connectivity index (χ3n) is 5.38. The van der Waals surface area contributed by atoms with Gasteiger partial charge in [-0.1, -0.05) is 19.1 Å². The monoisotopic (exact) mass is 347 g/mol. The second-order valence-corrected chi connectivity index (χ2v) is 7.27. The summed E-state index contributed by atoms with van der Waals surface area (Å²) in [5.74, 6) is -0.421. The molecule has 138 valence electrons. The molecule has 1 atom stereocenters. The Balaban J connectivity index is 2.28. The number of hydrogen-bond donors (Lipinski definition) is 1. The molecule has 25 heavy (non-hydrogen) atoms. The van der Waals surface area contributed by atoms with Gasteiger partial charge >= 0.3 is 5.97 Å². The number of amides is 1. The molecular formula is C20H31N2O3+. The number of rotatable bonds is 6. The predicted octanol–water partition coefficient (Wildman–Crippen LogP) is 3.52. The summed E-state index contributed by atoms with van der Waals surface area (Å²) in [6.07, 6.45) is 5.40. The van der Waals surface area contributed by atoms with Crippen LogP contribution in [0.1, 0.15) is 54.9 Å². The number of anilines is 1. The van der Waals surface area contributed by atoms with Crippen LogP contribution < -0.4 is 5.32 Å². The molecule has 1 N–H and O–H groups in total. The number of carbonyl (C=O) groups is 2. The highest BCUT2D eigenvalue weighted by Crippen LogP contribution is 2.27. The van der Waals surface area contributed by atoms with Crippen LogP contribution in [0.2, 0.25) is 0 Å². The number of piperidine rings is 1. The number of hydrogen-bond acceptors (Lipinski definition) is 3. The van der Waals surface area contributed by atoms with E-state index in [9.17, 15) is 9.59 Å². The van der Waals surface area contributed by atoms with Gasteiger partial charge in [-0.2, -0.15) is 0 Å². The van der Waals surface area contributed by atoms with Gasteiger partial charge in [0, 0.05) is 6.42 Å². The first kappa shape index (κ1) is 19.4. The number of esters is 1. The Labute approximate surface area is 150 Å². The normalized spacial score (nSPS) is 17.6. The van der Waals surface area contributed by atoms with Crippen molar-refractivity contribution >= 4 is 17.6 Å². The number of aryl methyl sites for hydroxylation is 1. The topological polar surface area (TPSA) is 55.4 Å². The van der Waals surface area contributed by atoms with E-state index in [1.165, 1.54) is 26.4 Å². The average Bonchev–Trinajstić information content (AvgIpc) is 2.61. The Morgan fingerprint density at radius 2 is 1.92 bits per heavy atom. The molecule has 1 aliphatic heterocycles. The molecule has 0 spiro atoms. The molecule has 0 radical (unpaired) electrons. The van der Waals surface area contributed by atoms with Gasteiger partial charge < -0.3 is 14.5 Å². The van der Waals surface area contributed by atoms with Gasteiger partial charge in [0.15, 0.2) is 6.04 Å². The molecule has 5 heteroatoms. The van der Waals surface area contributed by atoms with E-state index in [1.807, 2.05) is 13.0 Å². The molecule has 1 heterocycles. The summed E-state index contributed by atoms with van der Waals surface area (Å²) in [6, 6.07) is 5.31. The van der Waals surface area contributed by atoms with Crippen LogP contribution >= 0.6 is 0 Å². The van der Waals surface area contributed by atoms with Crippen molar-refractivity contribution in [2.45, 2.75) is 52.0 Å². The summed E-state index contributed by atoms with van der Waals surface area (Å²) in [4.78, 5) is 25.2. The first-order valence-corrected chi connectivity index (χ1v) is 9.26. The summed E-state index contributed by atoms with van der Waals surface area (Å²) in [6.45, 7) is 6.09. The van der Waals surface area contributed by atoms with E-state index < -0.39 is 5.97 Å². The first-order valence-electron chi connectivity index (χ1n) is 9.26. The van der Waals surface area contributed by atoms with Crippen LogP contribution in [0.4, 0.5) is 5.69 Å². The second-order valence-electron chi connectivity index (χ2n) is 7.27. The lowest BCUT2D eigenvalue weighted by Gasteiger charge is -2.43. The van der Waals surface area contributed by atoms with Crippen molar-refractivity contribution in [2.75, 3.05) is 32.6 Å². The molecule has 1 saturated heterocycles. The summed E-state index contributed by atoms with van der Waals surface area (Å²) in [7, 11) is 3.55. The molecular weight excluding hydrogens is 316 g/mol. The van der Waals surface area contributed by atoms with Crippen molar-refractivity contribution in [3.8, 4) is 0 Å². The van der Waals surface area contributed by atoms with E-state index in [2.05, 4.69) is 19.3 Å². The van der Waals surface area contributed by atoms with Gasteiger partial charge in [0.05, 0.1) is 38.5 Å². The number of likely N-dealkylation sites (tertiary alicyclic amines) is 1. The van der Waals surface area contributed by atoms with E-state index in [4.69, 9.17) is 4.74 Å². The summed E-state index contributed by atoms with van der Waals surface area (Å²) >= 11 is 0. The van der Waals surface area contributed by atoms with Crippen LogP contribution in [0.25, 0.3) is 0 Å². The zero-order valence-electron chi connectivity index (χ0n) is 15.9. The molecule has 0 saturated carbocycles. The van der Waals surface area contributed by atoms with Crippen molar-refractivity contribution in [2.24, 2.45) is 0 Å². The first-order chi connectivity index (χ1) is 11.9. The highest BCUT2D eigenvalue weighted by atomic mass is 16.5. The van der Waals surface area contributed by atoms with Gasteiger partial charge in [0.2, 0.25) is 0 Å². The van der Waals surface area contributed by atoms with Crippen molar-refractivity contribution < 1.29 is 18.8 Å². The van der Waals surface area contributed by atoms with Crippen LogP contribution in [0.3, 0.4) is 0 Å². The Morgan fingerprint density at radius 3 is 2.52 bits per heavy atom. The fourth-order valence-electron chi connectivity index (χ4n) is 3.87. The van der Waals surface area contributed by atoms with E-state index in [0.29, 0.717) is 11.3 Å². The molecule has 1 aliphatic rings. The molecule has 1 aromatic carbocycles. The average molecular weight is 347 g/mol. The number of nitrogens with one attached hydrogen (secondary N) is 1. The van der Waals surface area contributed by atoms with Gasteiger partial charge in [0.1, 0.15) is 0 Å². The van der Waals surface area contributed by atoms with E-state index in [-0.39, 0.29) is 11.9 Å². The fourth-order valence-corrected chi connectivity index (χ4v) is 3.87. The summed E-state index contributed by atoms with van der Waals surface area (Å²) in [5, 5.41) is 3.05. The van der Waals surface area contributed by atoms with Crippen molar-refractivity contribution in [1.29, 1.82) is 0 Å². The number of nitrogens with zero attached hydrogens (tertiary/aromatic N) is 1. The summed E-state index contributed by atoms with van der Waals surface area (Å²) < 4.78 is 5.65. The predicted molar refractivity (Wildman–Crippen MR) is 99.6 cm³/mol. The lowest BCUT2D eigenvalue weighted by Crippen LogP contribution is -2.59. The number of benzene rings is 1. The fraction of sp³-hybridized carbons (Fsp3) is 0.600. The van der Waals surface area contributed by atoms with Crippen LogP contribution in [0, 0.1) is 6.92 Å². The van der Waals surface area contributed by atoms with Gasteiger partial charge in [0.25, 0.3) is 5.91 Å². The zero-order valence-corrected chi connectivity index (χ0v) is 15.9. The molecule has 0 bridgehead atoms. The van der Waals surface area contributed by atoms with Crippen LogP contribution in [-0.2, 0) is 9.53 Å². The van der Waals surface area contributed by atoms with Crippen LogP contribution in [0.15, 0.2) is 18.2 Å². The minimum absolute atomic E-state index is 0.00528. The molecule has 1 aromatic rings. The van der Waals surface area contributed by atoms with E-state index >= 15 is 0 Å². The minimum atomic E-state index is -0.426. The highest BCUT2D eigenvalue weighted by molar-refractivity contribution is 6.03. The third-order valence-corrected chi connectivity index (χ3v) is 5.38. The molecule has 1 fully saturated rings. The number of carbonyl (C=O) groups excluding carboxylic acids is 2. The maximum Gasteiger partial charge on any atom is 0.339 e. The molecule has 5 nitrogen and oxygen atoms in total. The standard InChI is InChI=1S/C20H30N2O3/c1-5-10-17(22(3)13-7-6-8-14-22)19(23)21-18-15(2)11-9-12-16(18)20(24)25-4/h9,11-12,17H,5-8,10,13-14H2,1-4H3/p+1. The maximum absolute atomic E-state index is 13.1. The largest absolute Gasteiger partial charge is 0.465 e. The van der Waals surface area contributed by atoms with E-state index in [0.717, 1.165) is 36.0 Å². The third kappa shape index (κ3) is 4.40. The maximum atomic E-state index is 13.1. The van der Waals surface area contributed by atoms with Crippen molar-refractivity contribution in [3.63, 3.8) is 0 Å². The number of likely N-dealkylation sites (N-methyl/N-ethyl adjacent to an activating group) is 1. The number of ether oxygens (including phenoxy) is 1. The van der Waals surface area contributed by atoms with Gasteiger partial charge in [-0.05, 0) is 44.2 Å². The SMILES string of the molecule is CCCC(C(=O)Nc1c(C)cccc1C(=O)OC)[N+]1(C)CCCCC1. The smallest absolute Gasteiger partial charge is 0.339 e. The Kier molecular flexibility index (Phi) is 6.59. The zero-order chi connectivity index (χ0) is 18.4. The lowest BCUT2D eigenvalue weighted by molar-refractivity contribution is -0.929. The second kappa shape index (κ2) is 8.48. The van der Waals surface area contributed by atoms with Crippen LogP contribution in [0.5, 0.6) is 0 Å². The number of quaternary nitrogens is 1. The molecule has 2 rings (SSSR count). The van der Waals surface area contributed by atoms with Crippen molar-refractivity contribution in [1.82, 2.24) is 0 Å². The van der Waals surface area contributed by atoms with Gasteiger partial charge in [-0.15, -0.1) is 0 Å². The quantitative estimate of drug-likeness (QED) is 0.633. The Bertz CT molecular complexity index is 621. The summed E-state index contributed by atoms with van der Waals surface area (Å²) in [5.41, 5.74) is 1.85. The molecule has 1 unspecified atom stereocenters. The van der Waals surface area contributed by atoms with Gasteiger partial charge in [-0.25, -0.2) is 4.79 Å². The van der Waals surface area contributed by atoms with E-state index in [1.54, 1.807) is 12.1 Å². The molecule has 0 aliphatic carbocycles. The number of para-hydroxylation sites is 1. The Hall–Kier alpha value is -1.88. The highest BCUT2D eigenvalue weighted by Gasteiger charge is 2.39. The lowest BCUT2D eigenvalue weighted by atomic mass is 10.00.